The molecule has 188 valence electrons. The number of hydrogen-bond donors (Lipinski definition) is 2. The maximum absolute atomic E-state index is 12.8. The number of fused-ring (bicyclic) bond motifs is 1. The molecule has 11 heteroatoms. The SMILES string of the molecule is O=S(=O)(CCN1CCSCC1)c1ccc(Nc2nc(OCC3CCCCC3)c3[nH]cnc3n2)cc1. The van der Waals surface area contributed by atoms with E-state index in [1.807, 2.05) is 11.8 Å². The largest absolute Gasteiger partial charge is 0.476 e. The number of sulfone groups is 1. The number of benzene rings is 1. The van der Waals surface area contributed by atoms with E-state index in [2.05, 4.69) is 30.2 Å². The minimum atomic E-state index is -3.34. The van der Waals surface area contributed by atoms with E-state index in [1.165, 1.54) is 32.1 Å². The minimum absolute atomic E-state index is 0.130. The van der Waals surface area contributed by atoms with Crippen LogP contribution in [0, 0.1) is 5.92 Å². The van der Waals surface area contributed by atoms with Crippen molar-refractivity contribution in [1.82, 2.24) is 24.8 Å². The average Bonchev–Trinajstić information content (AvgIpc) is 3.37. The molecule has 1 saturated carbocycles. The molecular formula is C24H32N6O3S2. The molecule has 2 fully saturated rings. The monoisotopic (exact) mass is 516 g/mol. The zero-order valence-electron chi connectivity index (χ0n) is 19.8. The number of aromatic nitrogens is 4. The Balaban J connectivity index is 1.24. The molecule has 35 heavy (non-hydrogen) atoms. The first kappa shape index (κ1) is 24.3. The lowest BCUT2D eigenvalue weighted by Crippen LogP contribution is -2.36. The van der Waals surface area contributed by atoms with E-state index in [4.69, 9.17) is 4.74 Å². The van der Waals surface area contributed by atoms with Gasteiger partial charge in [0.05, 0.1) is 23.6 Å². The third-order valence-electron chi connectivity index (χ3n) is 6.68. The Morgan fingerprint density at radius 2 is 1.86 bits per heavy atom. The second-order valence-corrected chi connectivity index (χ2v) is 12.5. The number of aromatic amines is 1. The Bertz CT molecular complexity index is 1220. The zero-order chi connectivity index (χ0) is 24.1. The molecular weight excluding hydrogens is 484 g/mol. The van der Waals surface area contributed by atoms with Crippen LogP contribution in [-0.2, 0) is 9.84 Å². The van der Waals surface area contributed by atoms with Gasteiger partial charge in [-0.25, -0.2) is 13.4 Å². The molecule has 5 rings (SSSR count). The number of imidazole rings is 1. The number of hydrogen-bond acceptors (Lipinski definition) is 9. The van der Waals surface area contributed by atoms with Gasteiger partial charge in [0.1, 0.15) is 5.52 Å². The smallest absolute Gasteiger partial charge is 0.245 e. The number of thioether (sulfide) groups is 1. The summed E-state index contributed by atoms with van der Waals surface area (Å²) in [6.07, 6.45) is 7.78. The Labute approximate surface area is 210 Å². The van der Waals surface area contributed by atoms with Crippen molar-refractivity contribution in [2.24, 2.45) is 5.92 Å². The molecule has 0 bridgehead atoms. The molecule has 3 heterocycles. The first-order valence-electron chi connectivity index (χ1n) is 12.3. The van der Waals surface area contributed by atoms with Gasteiger partial charge in [-0.1, -0.05) is 19.3 Å². The van der Waals surface area contributed by atoms with Gasteiger partial charge in [0, 0.05) is 36.8 Å². The topological polar surface area (TPSA) is 113 Å². The van der Waals surface area contributed by atoms with Gasteiger partial charge < -0.3 is 19.9 Å². The molecule has 3 aromatic rings. The quantitative estimate of drug-likeness (QED) is 0.437. The van der Waals surface area contributed by atoms with Gasteiger partial charge in [0.25, 0.3) is 0 Å². The first-order chi connectivity index (χ1) is 17.1. The highest BCUT2D eigenvalue weighted by atomic mass is 32.2. The number of nitrogens with one attached hydrogen (secondary N) is 2. The van der Waals surface area contributed by atoms with Gasteiger partial charge in [-0.05, 0) is 43.0 Å². The fraction of sp³-hybridized carbons (Fsp3) is 0.542. The first-order valence-corrected chi connectivity index (χ1v) is 15.1. The predicted molar refractivity (Wildman–Crippen MR) is 139 cm³/mol. The van der Waals surface area contributed by atoms with Gasteiger partial charge >= 0.3 is 0 Å². The summed E-state index contributed by atoms with van der Waals surface area (Å²) in [4.78, 5) is 18.9. The summed E-state index contributed by atoms with van der Waals surface area (Å²) in [6, 6.07) is 6.75. The second-order valence-electron chi connectivity index (χ2n) is 9.19. The van der Waals surface area contributed by atoms with Crippen LogP contribution in [0.1, 0.15) is 32.1 Å². The highest BCUT2D eigenvalue weighted by Crippen LogP contribution is 2.27. The summed E-state index contributed by atoms with van der Waals surface area (Å²) < 4.78 is 31.7. The Morgan fingerprint density at radius 3 is 2.63 bits per heavy atom. The summed E-state index contributed by atoms with van der Waals surface area (Å²) in [5.41, 5.74) is 1.90. The van der Waals surface area contributed by atoms with Gasteiger partial charge in [0.15, 0.2) is 15.5 Å². The van der Waals surface area contributed by atoms with Crippen LogP contribution in [0.5, 0.6) is 5.88 Å². The van der Waals surface area contributed by atoms with Crippen molar-refractivity contribution in [3.8, 4) is 5.88 Å². The normalized spacial score (nSPS) is 18.1. The maximum atomic E-state index is 12.8. The van der Waals surface area contributed by atoms with Crippen LogP contribution >= 0.6 is 11.8 Å². The molecule has 0 unspecified atom stereocenters. The fourth-order valence-electron chi connectivity index (χ4n) is 4.58. The molecule has 0 amide bonds. The molecule has 0 radical (unpaired) electrons. The molecule has 0 atom stereocenters. The Hall–Kier alpha value is -2.37. The van der Waals surface area contributed by atoms with Crippen LogP contribution in [0.25, 0.3) is 11.2 Å². The summed E-state index contributed by atoms with van der Waals surface area (Å²) in [5, 5.41) is 3.17. The summed E-state index contributed by atoms with van der Waals surface area (Å²) in [7, 11) is -3.34. The van der Waals surface area contributed by atoms with Crippen LogP contribution in [0.4, 0.5) is 11.6 Å². The van der Waals surface area contributed by atoms with Crippen LogP contribution in [-0.4, -0.2) is 76.8 Å². The lowest BCUT2D eigenvalue weighted by Gasteiger charge is -2.25. The van der Waals surface area contributed by atoms with Crippen molar-refractivity contribution in [1.29, 1.82) is 0 Å². The molecule has 1 aliphatic carbocycles. The van der Waals surface area contributed by atoms with Crippen molar-refractivity contribution in [3.63, 3.8) is 0 Å². The van der Waals surface area contributed by atoms with Crippen molar-refractivity contribution in [3.05, 3.63) is 30.6 Å². The van der Waals surface area contributed by atoms with Crippen molar-refractivity contribution in [2.45, 2.75) is 37.0 Å². The van der Waals surface area contributed by atoms with E-state index in [0.29, 0.717) is 52.6 Å². The number of nitrogens with zero attached hydrogens (tertiary/aromatic N) is 4. The highest BCUT2D eigenvalue weighted by molar-refractivity contribution is 7.99. The van der Waals surface area contributed by atoms with E-state index in [-0.39, 0.29) is 5.75 Å². The van der Waals surface area contributed by atoms with Gasteiger partial charge in [-0.3, -0.25) is 0 Å². The van der Waals surface area contributed by atoms with E-state index in [1.54, 1.807) is 30.6 Å². The summed E-state index contributed by atoms with van der Waals surface area (Å²) >= 11 is 1.92. The molecule has 9 nitrogen and oxygen atoms in total. The summed E-state index contributed by atoms with van der Waals surface area (Å²) in [6.45, 7) is 3.11. The number of rotatable bonds is 9. The van der Waals surface area contributed by atoms with E-state index in [9.17, 15) is 8.42 Å². The highest BCUT2D eigenvalue weighted by Gasteiger charge is 2.19. The molecule has 2 N–H and O–H groups in total. The van der Waals surface area contributed by atoms with E-state index >= 15 is 0 Å². The van der Waals surface area contributed by atoms with Crippen molar-refractivity contribution < 1.29 is 13.2 Å². The lowest BCUT2D eigenvalue weighted by atomic mass is 9.90. The third-order valence-corrected chi connectivity index (χ3v) is 9.34. The second kappa shape index (κ2) is 11.1. The third kappa shape index (κ3) is 6.25. The molecule has 1 saturated heterocycles. The molecule has 2 aromatic heterocycles. The van der Waals surface area contributed by atoms with Gasteiger partial charge in [0.2, 0.25) is 11.8 Å². The Kier molecular flexibility index (Phi) is 7.74. The van der Waals surface area contributed by atoms with Gasteiger partial charge in [-0.2, -0.15) is 21.7 Å². The summed E-state index contributed by atoms with van der Waals surface area (Å²) in [5.74, 6) is 3.67. The van der Waals surface area contributed by atoms with Crippen LogP contribution in [0.15, 0.2) is 35.5 Å². The van der Waals surface area contributed by atoms with Crippen LogP contribution in [0.2, 0.25) is 0 Å². The van der Waals surface area contributed by atoms with Crippen molar-refractivity contribution >= 4 is 44.4 Å². The lowest BCUT2D eigenvalue weighted by molar-refractivity contribution is 0.205. The van der Waals surface area contributed by atoms with Crippen LogP contribution in [0.3, 0.4) is 0 Å². The van der Waals surface area contributed by atoms with Crippen molar-refractivity contribution in [2.75, 3.05) is 48.8 Å². The van der Waals surface area contributed by atoms with Gasteiger partial charge in [-0.15, -0.1) is 0 Å². The molecule has 1 aliphatic heterocycles. The van der Waals surface area contributed by atoms with E-state index < -0.39 is 9.84 Å². The molecule has 2 aliphatic rings. The standard InChI is InChI=1S/C24H32N6O3S2/c31-35(32,15-12-30-10-13-34-14-11-30)20-8-6-19(7-9-20)27-24-28-22-21(25-17-26-22)23(29-24)33-16-18-4-2-1-3-5-18/h6-9,17-18H,1-5,10-16H2,(H2,25,26,27,28,29). The Morgan fingerprint density at radius 1 is 1.09 bits per heavy atom. The maximum Gasteiger partial charge on any atom is 0.245 e. The zero-order valence-corrected chi connectivity index (χ0v) is 21.4. The molecule has 1 aromatic carbocycles. The molecule has 0 spiro atoms. The van der Waals surface area contributed by atoms with Crippen LogP contribution < -0.4 is 10.1 Å². The number of ether oxygens (including phenoxy) is 1. The van der Waals surface area contributed by atoms with E-state index in [0.717, 1.165) is 24.6 Å². The average molecular weight is 517 g/mol. The minimum Gasteiger partial charge on any atom is -0.476 e. The fourth-order valence-corrected chi connectivity index (χ4v) is 6.85. The number of anilines is 2. The predicted octanol–water partition coefficient (Wildman–Crippen LogP) is 3.88. The number of H-pyrrole nitrogens is 1.